The molecule has 1 atom stereocenters. The van der Waals surface area contributed by atoms with Gasteiger partial charge in [0.2, 0.25) is 0 Å². The summed E-state index contributed by atoms with van der Waals surface area (Å²) in [6, 6.07) is 3.84. The van der Waals surface area contributed by atoms with Crippen molar-refractivity contribution in [3.8, 4) is 11.5 Å². The maximum absolute atomic E-state index is 6.14. The predicted octanol–water partition coefficient (Wildman–Crippen LogP) is 1.75. The molecule has 0 radical (unpaired) electrons. The quantitative estimate of drug-likeness (QED) is 0.792. The zero-order valence-electron chi connectivity index (χ0n) is 10.8. The summed E-state index contributed by atoms with van der Waals surface area (Å²) in [5, 5.41) is 0. The molecule has 1 rings (SSSR count). The normalized spacial score (nSPS) is 12.3. The molecule has 1 unspecified atom stereocenters. The SMILES string of the molecule is COc1cc(C(N)CCCN)c(OC)cc1C. The van der Waals surface area contributed by atoms with Crippen LogP contribution in [0.3, 0.4) is 0 Å². The van der Waals surface area contributed by atoms with Gasteiger partial charge >= 0.3 is 0 Å². The highest BCUT2D eigenvalue weighted by Crippen LogP contribution is 2.32. The maximum Gasteiger partial charge on any atom is 0.124 e. The predicted molar refractivity (Wildman–Crippen MR) is 69.5 cm³/mol. The molecule has 4 heteroatoms. The van der Waals surface area contributed by atoms with Crippen molar-refractivity contribution < 1.29 is 9.47 Å². The van der Waals surface area contributed by atoms with Gasteiger partial charge in [-0.05, 0) is 44.0 Å². The minimum absolute atomic E-state index is 0.0667. The van der Waals surface area contributed by atoms with Crippen molar-refractivity contribution in [1.29, 1.82) is 0 Å². The van der Waals surface area contributed by atoms with Gasteiger partial charge in [0, 0.05) is 11.6 Å². The third-order valence-corrected chi connectivity index (χ3v) is 2.87. The Balaban J connectivity index is 3.02. The third-order valence-electron chi connectivity index (χ3n) is 2.87. The van der Waals surface area contributed by atoms with E-state index in [-0.39, 0.29) is 6.04 Å². The van der Waals surface area contributed by atoms with Gasteiger partial charge in [-0.3, -0.25) is 0 Å². The van der Waals surface area contributed by atoms with Crippen LogP contribution < -0.4 is 20.9 Å². The monoisotopic (exact) mass is 238 g/mol. The molecule has 0 aliphatic carbocycles. The van der Waals surface area contributed by atoms with Gasteiger partial charge in [0.1, 0.15) is 11.5 Å². The first-order chi connectivity index (χ1) is 8.13. The van der Waals surface area contributed by atoms with E-state index in [1.54, 1.807) is 14.2 Å². The van der Waals surface area contributed by atoms with E-state index in [0.717, 1.165) is 35.5 Å². The minimum Gasteiger partial charge on any atom is -0.496 e. The number of hydrogen-bond donors (Lipinski definition) is 2. The smallest absolute Gasteiger partial charge is 0.124 e. The van der Waals surface area contributed by atoms with E-state index in [1.807, 2.05) is 19.1 Å². The molecule has 96 valence electrons. The minimum atomic E-state index is -0.0667. The molecule has 0 amide bonds. The van der Waals surface area contributed by atoms with Gasteiger partial charge in [0.15, 0.2) is 0 Å². The van der Waals surface area contributed by atoms with E-state index in [4.69, 9.17) is 20.9 Å². The molecule has 0 fully saturated rings. The van der Waals surface area contributed by atoms with E-state index >= 15 is 0 Å². The van der Waals surface area contributed by atoms with Crippen molar-refractivity contribution in [1.82, 2.24) is 0 Å². The van der Waals surface area contributed by atoms with Crippen LogP contribution in [0.5, 0.6) is 11.5 Å². The van der Waals surface area contributed by atoms with Crippen LogP contribution in [0.1, 0.15) is 30.0 Å². The summed E-state index contributed by atoms with van der Waals surface area (Å²) in [7, 11) is 3.31. The van der Waals surface area contributed by atoms with Crippen molar-refractivity contribution in [2.24, 2.45) is 11.5 Å². The zero-order valence-corrected chi connectivity index (χ0v) is 10.8. The highest BCUT2D eigenvalue weighted by atomic mass is 16.5. The van der Waals surface area contributed by atoms with E-state index in [0.29, 0.717) is 6.54 Å². The van der Waals surface area contributed by atoms with E-state index in [2.05, 4.69) is 0 Å². The molecular weight excluding hydrogens is 216 g/mol. The summed E-state index contributed by atoms with van der Waals surface area (Å²) in [5.41, 5.74) is 13.7. The Labute approximate surface area is 103 Å². The van der Waals surface area contributed by atoms with Crippen LogP contribution in [-0.2, 0) is 0 Å². The van der Waals surface area contributed by atoms with Gasteiger partial charge in [-0.2, -0.15) is 0 Å². The first-order valence-corrected chi connectivity index (χ1v) is 5.82. The molecule has 0 aliphatic heterocycles. The number of hydrogen-bond acceptors (Lipinski definition) is 4. The second kappa shape index (κ2) is 6.47. The molecule has 4 N–H and O–H groups in total. The fourth-order valence-electron chi connectivity index (χ4n) is 1.86. The lowest BCUT2D eigenvalue weighted by Gasteiger charge is -2.18. The molecule has 0 spiro atoms. The van der Waals surface area contributed by atoms with E-state index < -0.39 is 0 Å². The molecule has 0 bridgehead atoms. The number of nitrogens with two attached hydrogens (primary N) is 2. The summed E-state index contributed by atoms with van der Waals surface area (Å²) in [4.78, 5) is 0. The Morgan fingerprint density at radius 1 is 1.18 bits per heavy atom. The lowest BCUT2D eigenvalue weighted by Crippen LogP contribution is -2.14. The number of methoxy groups -OCH3 is 2. The zero-order chi connectivity index (χ0) is 12.8. The lowest BCUT2D eigenvalue weighted by atomic mass is 9.99. The fraction of sp³-hybridized carbons (Fsp3) is 0.538. The highest BCUT2D eigenvalue weighted by Gasteiger charge is 2.14. The van der Waals surface area contributed by atoms with Gasteiger partial charge in [0.25, 0.3) is 0 Å². The standard InChI is InChI=1S/C13H22N2O2/c1-9-7-13(17-3)10(8-12(9)16-2)11(15)5-4-6-14/h7-8,11H,4-6,14-15H2,1-3H3. The summed E-state index contributed by atoms with van der Waals surface area (Å²) in [5.74, 6) is 1.65. The van der Waals surface area contributed by atoms with Crippen molar-refractivity contribution >= 4 is 0 Å². The van der Waals surface area contributed by atoms with Crippen LogP contribution in [0.15, 0.2) is 12.1 Å². The Morgan fingerprint density at radius 3 is 2.35 bits per heavy atom. The van der Waals surface area contributed by atoms with Gasteiger partial charge in [0.05, 0.1) is 14.2 Å². The summed E-state index contributed by atoms with van der Waals surface area (Å²) in [6.07, 6.45) is 1.75. The van der Waals surface area contributed by atoms with Gasteiger partial charge in [-0.1, -0.05) is 0 Å². The second-order valence-electron chi connectivity index (χ2n) is 4.10. The molecular formula is C13H22N2O2. The summed E-state index contributed by atoms with van der Waals surface area (Å²) < 4.78 is 10.7. The van der Waals surface area contributed by atoms with Crippen LogP contribution in [0.4, 0.5) is 0 Å². The number of rotatable bonds is 6. The van der Waals surface area contributed by atoms with Crippen LogP contribution in [0.2, 0.25) is 0 Å². The van der Waals surface area contributed by atoms with Gasteiger partial charge in [-0.25, -0.2) is 0 Å². The summed E-state index contributed by atoms with van der Waals surface area (Å²) in [6.45, 7) is 2.63. The van der Waals surface area contributed by atoms with Crippen LogP contribution in [0.25, 0.3) is 0 Å². The van der Waals surface area contributed by atoms with Crippen LogP contribution in [0, 0.1) is 6.92 Å². The van der Waals surface area contributed by atoms with Gasteiger partial charge < -0.3 is 20.9 Å². The van der Waals surface area contributed by atoms with E-state index in [9.17, 15) is 0 Å². The molecule has 0 aliphatic rings. The van der Waals surface area contributed by atoms with Crippen molar-refractivity contribution in [2.45, 2.75) is 25.8 Å². The lowest BCUT2D eigenvalue weighted by molar-refractivity contribution is 0.391. The Morgan fingerprint density at radius 2 is 1.82 bits per heavy atom. The number of benzene rings is 1. The maximum atomic E-state index is 6.14. The Bertz CT molecular complexity index is 367. The molecule has 0 heterocycles. The van der Waals surface area contributed by atoms with Crippen molar-refractivity contribution in [3.63, 3.8) is 0 Å². The van der Waals surface area contributed by atoms with E-state index in [1.165, 1.54) is 0 Å². The third kappa shape index (κ3) is 3.35. The molecule has 4 nitrogen and oxygen atoms in total. The first kappa shape index (κ1) is 13.8. The second-order valence-corrected chi connectivity index (χ2v) is 4.10. The Hall–Kier alpha value is -1.26. The topological polar surface area (TPSA) is 70.5 Å². The average molecular weight is 238 g/mol. The molecule has 0 aromatic heterocycles. The highest BCUT2D eigenvalue weighted by molar-refractivity contribution is 5.47. The largest absolute Gasteiger partial charge is 0.496 e. The molecule has 0 saturated heterocycles. The molecule has 1 aromatic rings. The fourth-order valence-corrected chi connectivity index (χ4v) is 1.86. The van der Waals surface area contributed by atoms with Crippen LogP contribution in [-0.4, -0.2) is 20.8 Å². The number of ether oxygens (including phenoxy) is 2. The van der Waals surface area contributed by atoms with Crippen LogP contribution >= 0.6 is 0 Å². The molecule has 1 aromatic carbocycles. The van der Waals surface area contributed by atoms with Gasteiger partial charge in [-0.15, -0.1) is 0 Å². The average Bonchev–Trinajstić information content (AvgIpc) is 2.35. The first-order valence-electron chi connectivity index (χ1n) is 5.82. The number of aryl methyl sites for hydroxylation is 1. The van der Waals surface area contributed by atoms with Crippen molar-refractivity contribution in [3.05, 3.63) is 23.3 Å². The summed E-state index contributed by atoms with van der Waals surface area (Å²) >= 11 is 0. The molecule has 17 heavy (non-hydrogen) atoms. The molecule has 0 saturated carbocycles. The Kier molecular flexibility index (Phi) is 5.25. The van der Waals surface area contributed by atoms with Crippen molar-refractivity contribution in [2.75, 3.05) is 20.8 Å².